The molecule has 0 bridgehead atoms. The lowest BCUT2D eigenvalue weighted by molar-refractivity contribution is -0.140. The lowest BCUT2D eigenvalue weighted by Gasteiger charge is -2.25. The summed E-state index contributed by atoms with van der Waals surface area (Å²) in [6.07, 6.45) is -0.124. The van der Waals surface area contributed by atoms with Crippen molar-refractivity contribution in [1.82, 2.24) is 4.90 Å². The molecule has 1 atom stereocenters. The Hall–Kier alpha value is -2.44. The van der Waals surface area contributed by atoms with Crippen LogP contribution in [-0.4, -0.2) is 43.0 Å². The van der Waals surface area contributed by atoms with Crippen molar-refractivity contribution in [2.24, 2.45) is 0 Å². The van der Waals surface area contributed by atoms with E-state index in [4.69, 9.17) is 32.7 Å². The third kappa shape index (κ3) is 6.54. The third-order valence-corrected chi connectivity index (χ3v) is 4.60. The summed E-state index contributed by atoms with van der Waals surface area (Å²) in [5, 5.41) is 3.56. The van der Waals surface area contributed by atoms with E-state index in [0.29, 0.717) is 40.2 Å². The summed E-state index contributed by atoms with van der Waals surface area (Å²) in [6.45, 7) is 3.86. The first-order valence-electron chi connectivity index (χ1n) is 9.19. The molecule has 29 heavy (non-hydrogen) atoms. The van der Waals surface area contributed by atoms with Gasteiger partial charge in [-0.25, -0.2) is 0 Å². The van der Waals surface area contributed by atoms with Crippen molar-refractivity contribution in [2.45, 2.75) is 26.4 Å². The van der Waals surface area contributed by atoms with E-state index in [0.717, 1.165) is 0 Å². The second-order valence-electron chi connectivity index (χ2n) is 6.34. The van der Waals surface area contributed by atoms with Crippen LogP contribution in [-0.2, 0) is 9.59 Å². The average molecular weight is 439 g/mol. The second kappa shape index (κ2) is 10.9. The number of carbonyl (C=O) groups is 2. The number of rotatable bonds is 9. The van der Waals surface area contributed by atoms with Crippen molar-refractivity contribution in [3.05, 3.63) is 52.5 Å². The fraction of sp³-hybridized carbons (Fsp3) is 0.333. The quantitative estimate of drug-likeness (QED) is 0.618. The highest BCUT2D eigenvalue weighted by Crippen LogP contribution is 2.28. The summed E-state index contributed by atoms with van der Waals surface area (Å²) >= 11 is 12.0. The smallest absolute Gasteiger partial charge is 0.263 e. The lowest BCUT2D eigenvalue weighted by Crippen LogP contribution is -2.44. The number of amides is 2. The Balaban J connectivity index is 2.04. The van der Waals surface area contributed by atoms with Gasteiger partial charge in [0.1, 0.15) is 11.5 Å². The minimum atomic E-state index is -0.820. The number of hydrogen-bond donors (Lipinski definition) is 1. The molecule has 0 fully saturated rings. The molecule has 2 aromatic rings. The Labute approximate surface area is 180 Å². The molecule has 2 rings (SSSR count). The number of halogens is 2. The van der Waals surface area contributed by atoms with Crippen molar-refractivity contribution < 1.29 is 19.1 Å². The van der Waals surface area contributed by atoms with Crippen LogP contribution in [0.1, 0.15) is 20.3 Å². The Kier molecular flexibility index (Phi) is 8.61. The van der Waals surface area contributed by atoms with Crippen LogP contribution in [0.25, 0.3) is 0 Å². The predicted octanol–water partition coefficient (Wildman–Crippen LogP) is 4.65. The fourth-order valence-corrected chi connectivity index (χ4v) is 3.17. The number of nitrogens with one attached hydrogen (secondary N) is 1. The molecular weight excluding hydrogens is 415 g/mol. The number of carbonyl (C=O) groups excluding carboxylic acids is 2. The number of methoxy groups -OCH3 is 1. The van der Waals surface area contributed by atoms with E-state index >= 15 is 0 Å². The molecule has 1 N–H and O–H groups in total. The van der Waals surface area contributed by atoms with E-state index in [1.165, 1.54) is 12.0 Å². The second-order valence-corrected chi connectivity index (χ2v) is 7.19. The number of hydrogen-bond acceptors (Lipinski definition) is 4. The molecule has 0 spiro atoms. The average Bonchev–Trinajstić information content (AvgIpc) is 2.69. The lowest BCUT2D eigenvalue weighted by atomic mass is 10.2. The molecule has 2 aromatic carbocycles. The molecule has 0 saturated carbocycles. The van der Waals surface area contributed by atoms with Crippen LogP contribution in [0.4, 0.5) is 5.69 Å². The molecule has 0 aromatic heterocycles. The van der Waals surface area contributed by atoms with Crippen molar-refractivity contribution in [3.63, 3.8) is 0 Å². The standard InChI is InChI=1S/C21H24Cl2N2O4/c1-4-11-25(13-20(26)24-17-7-5-6-8-19(17)28-3)21(27)14(2)29-18-10-9-15(22)12-16(18)23/h5-10,12,14H,4,11,13H2,1-3H3,(H,24,26). The molecule has 8 heteroatoms. The van der Waals surface area contributed by atoms with Crippen molar-refractivity contribution in [1.29, 1.82) is 0 Å². The van der Waals surface area contributed by atoms with Crippen LogP contribution in [0.2, 0.25) is 10.0 Å². The van der Waals surface area contributed by atoms with E-state index < -0.39 is 6.10 Å². The van der Waals surface area contributed by atoms with Gasteiger partial charge in [-0.15, -0.1) is 0 Å². The summed E-state index contributed by atoms with van der Waals surface area (Å²) in [5.41, 5.74) is 0.543. The van der Waals surface area contributed by atoms with Gasteiger partial charge in [0, 0.05) is 11.6 Å². The fourth-order valence-electron chi connectivity index (χ4n) is 2.72. The van der Waals surface area contributed by atoms with Gasteiger partial charge in [0.05, 0.1) is 24.4 Å². The number of ether oxygens (including phenoxy) is 2. The first kappa shape index (κ1) is 22.8. The zero-order valence-corrected chi connectivity index (χ0v) is 18.1. The minimum Gasteiger partial charge on any atom is -0.495 e. The van der Waals surface area contributed by atoms with Crippen molar-refractivity contribution in [2.75, 3.05) is 25.5 Å². The topological polar surface area (TPSA) is 67.9 Å². The van der Waals surface area contributed by atoms with Crippen molar-refractivity contribution in [3.8, 4) is 11.5 Å². The van der Waals surface area contributed by atoms with E-state index in [1.807, 2.05) is 13.0 Å². The van der Waals surface area contributed by atoms with Gasteiger partial charge in [-0.2, -0.15) is 0 Å². The maximum Gasteiger partial charge on any atom is 0.263 e. The number of nitrogens with zero attached hydrogens (tertiary/aromatic N) is 1. The summed E-state index contributed by atoms with van der Waals surface area (Å²) in [5.74, 6) is 0.260. The first-order chi connectivity index (χ1) is 13.8. The molecule has 0 radical (unpaired) electrons. The molecule has 0 heterocycles. The minimum absolute atomic E-state index is 0.104. The Bertz CT molecular complexity index is 860. The molecule has 0 saturated heterocycles. The Morgan fingerprint density at radius 2 is 1.86 bits per heavy atom. The van der Waals surface area contributed by atoms with E-state index in [9.17, 15) is 9.59 Å². The first-order valence-corrected chi connectivity index (χ1v) is 9.94. The zero-order chi connectivity index (χ0) is 21.4. The summed E-state index contributed by atoms with van der Waals surface area (Å²) < 4.78 is 10.9. The maximum atomic E-state index is 12.9. The number of benzene rings is 2. The van der Waals surface area contributed by atoms with Crippen LogP contribution >= 0.6 is 23.2 Å². The zero-order valence-electron chi connectivity index (χ0n) is 16.6. The van der Waals surface area contributed by atoms with Crippen LogP contribution < -0.4 is 14.8 Å². The maximum absolute atomic E-state index is 12.9. The highest BCUT2D eigenvalue weighted by Gasteiger charge is 2.24. The Morgan fingerprint density at radius 3 is 2.52 bits per heavy atom. The van der Waals surface area contributed by atoms with Gasteiger partial charge < -0.3 is 19.7 Å². The predicted molar refractivity (Wildman–Crippen MR) is 115 cm³/mol. The molecule has 2 amide bonds. The molecule has 0 aliphatic carbocycles. The summed E-state index contributed by atoms with van der Waals surface area (Å²) in [4.78, 5) is 26.8. The molecule has 0 aliphatic heterocycles. The van der Waals surface area contributed by atoms with Crippen LogP contribution in [0.15, 0.2) is 42.5 Å². The highest BCUT2D eigenvalue weighted by molar-refractivity contribution is 6.35. The molecule has 156 valence electrons. The van der Waals surface area contributed by atoms with Crippen LogP contribution in [0.3, 0.4) is 0 Å². The molecular formula is C21H24Cl2N2O4. The largest absolute Gasteiger partial charge is 0.495 e. The van der Waals surface area contributed by atoms with Gasteiger partial charge in [0.25, 0.3) is 5.91 Å². The van der Waals surface area contributed by atoms with Gasteiger partial charge in [0.15, 0.2) is 6.10 Å². The monoisotopic (exact) mass is 438 g/mol. The molecule has 6 nitrogen and oxygen atoms in total. The van der Waals surface area contributed by atoms with Gasteiger partial charge in [-0.3, -0.25) is 9.59 Å². The normalized spacial score (nSPS) is 11.5. The SMILES string of the molecule is CCCN(CC(=O)Nc1ccccc1OC)C(=O)C(C)Oc1ccc(Cl)cc1Cl. The van der Waals surface area contributed by atoms with Gasteiger partial charge in [-0.05, 0) is 43.7 Å². The third-order valence-electron chi connectivity index (χ3n) is 4.07. The van der Waals surface area contributed by atoms with Gasteiger partial charge >= 0.3 is 0 Å². The van der Waals surface area contributed by atoms with E-state index in [1.54, 1.807) is 43.3 Å². The van der Waals surface area contributed by atoms with Gasteiger partial charge in [-0.1, -0.05) is 42.3 Å². The summed E-state index contributed by atoms with van der Waals surface area (Å²) in [7, 11) is 1.53. The number of para-hydroxylation sites is 2. The summed E-state index contributed by atoms with van der Waals surface area (Å²) in [6, 6.07) is 11.9. The Morgan fingerprint density at radius 1 is 1.14 bits per heavy atom. The van der Waals surface area contributed by atoms with Gasteiger partial charge in [0.2, 0.25) is 5.91 Å². The number of anilines is 1. The van der Waals surface area contributed by atoms with Crippen LogP contribution in [0, 0.1) is 0 Å². The molecule has 0 aliphatic rings. The highest BCUT2D eigenvalue weighted by atomic mass is 35.5. The molecule has 1 unspecified atom stereocenters. The van der Waals surface area contributed by atoms with Crippen molar-refractivity contribution >= 4 is 40.7 Å². The van der Waals surface area contributed by atoms with E-state index in [-0.39, 0.29) is 18.4 Å². The van der Waals surface area contributed by atoms with Crippen LogP contribution in [0.5, 0.6) is 11.5 Å². The van der Waals surface area contributed by atoms with E-state index in [2.05, 4.69) is 5.32 Å².